The summed E-state index contributed by atoms with van der Waals surface area (Å²) in [6.07, 6.45) is 4.18. The Kier molecular flexibility index (Phi) is 7.55. The second-order valence-corrected chi connectivity index (χ2v) is 12.1. The Morgan fingerprint density at radius 2 is 1.57 bits per heavy atom. The van der Waals surface area contributed by atoms with E-state index in [4.69, 9.17) is 4.74 Å². The number of rotatable bonds is 7. The number of ether oxygens (including phenoxy) is 1. The fourth-order valence-electron chi connectivity index (χ4n) is 5.98. The average molecular weight is 516 g/mol. The van der Waals surface area contributed by atoms with E-state index >= 15 is 0 Å². The maximum absolute atomic E-state index is 14.4. The van der Waals surface area contributed by atoms with Crippen LogP contribution in [0.2, 0.25) is 0 Å². The molecule has 3 unspecified atom stereocenters. The molecule has 5 rings (SSSR count). The van der Waals surface area contributed by atoms with Crippen LogP contribution in [-0.4, -0.2) is 25.4 Å². The normalized spacial score (nSPS) is 22.5. The van der Waals surface area contributed by atoms with Gasteiger partial charge in [-0.15, -0.1) is 0 Å². The van der Waals surface area contributed by atoms with Gasteiger partial charge >= 0.3 is 0 Å². The van der Waals surface area contributed by atoms with Crippen molar-refractivity contribution in [3.63, 3.8) is 0 Å². The maximum atomic E-state index is 14.4. The van der Waals surface area contributed by atoms with Gasteiger partial charge in [0.25, 0.3) is 0 Å². The van der Waals surface area contributed by atoms with Gasteiger partial charge in [0, 0.05) is 6.42 Å². The highest BCUT2D eigenvalue weighted by Crippen LogP contribution is 2.49. The van der Waals surface area contributed by atoms with Crippen molar-refractivity contribution in [2.45, 2.75) is 75.8 Å². The zero-order chi connectivity index (χ0) is 26.0. The molecule has 1 aliphatic heterocycles. The molecule has 1 heterocycles. The molecule has 0 spiro atoms. The van der Waals surface area contributed by atoms with Crippen LogP contribution in [0.4, 0.5) is 0 Å². The molecule has 194 valence electrons. The molecule has 0 N–H and O–H groups in total. The second kappa shape index (κ2) is 10.8. The molecule has 0 radical (unpaired) electrons. The predicted molar refractivity (Wildman–Crippen MR) is 149 cm³/mol. The van der Waals surface area contributed by atoms with Crippen LogP contribution in [0.25, 0.3) is 0 Å². The van der Waals surface area contributed by atoms with Crippen LogP contribution in [0, 0.1) is 6.92 Å². The molecule has 3 atom stereocenters. The summed E-state index contributed by atoms with van der Waals surface area (Å²) in [6.45, 7) is 6.74. The van der Waals surface area contributed by atoms with Crippen LogP contribution in [0.1, 0.15) is 73.7 Å². The fraction of sp³-hybridized carbons (Fsp3) is 0.375. The maximum Gasteiger partial charge on any atom is 0.244 e. The first kappa shape index (κ1) is 25.7. The summed E-state index contributed by atoms with van der Waals surface area (Å²) in [5, 5.41) is 0. The highest BCUT2D eigenvalue weighted by atomic mass is 32.2. The smallest absolute Gasteiger partial charge is 0.244 e. The molecule has 1 fully saturated rings. The van der Waals surface area contributed by atoms with Crippen molar-refractivity contribution in [1.29, 1.82) is 0 Å². The third-order valence-electron chi connectivity index (χ3n) is 7.98. The highest BCUT2D eigenvalue weighted by molar-refractivity contribution is 7.89. The first-order valence-electron chi connectivity index (χ1n) is 13.5. The quantitative estimate of drug-likeness (QED) is 0.331. The molecule has 0 bridgehead atoms. The molecule has 3 aromatic rings. The van der Waals surface area contributed by atoms with E-state index < -0.39 is 10.0 Å². The third kappa shape index (κ3) is 5.12. The van der Waals surface area contributed by atoms with Crippen LogP contribution in [-0.2, 0) is 21.2 Å². The molecule has 0 aromatic heterocycles. The Morgan fingerprint density at radius 3 is 2.22 bits per heavy atom. The number of aryl methyl sites for hydroxylation is 2. The first-order valence-corrected chi connectivity index (χ1v) is 14.9. The van der Waals surface area contributed by atoms with Gasteiger partial charge in [0.05, 0.1) is 29.3 Å². The number of hydrogen-bond donors (Lipinski definition) is 0. The van der Waals surface area contributed by atoms with E-state index in [9.17, 15) is 8.42 Å². The summed E-state index contributed by atoms with van der Waals surface area (Å²) in [5.74, 6) is 1.28. The number of sulfonamides is 1. The third-order valence-corrected chi connectivity index (χ3v) is 9.91. The molecular formula is C32H37NO3S. The topological polar surface area (TPSA) is 46.6 Å². The van der Waals surface area contributed by atoms with E-state index in [0.29, 0.717) is 23.8 Å². The number of hydrogen-bond acceptors (Lipinski definition) is 3. The van der Waals surface area contributed by atoms with E-state index in [1.807, 2.05) is 60.6 Å². The first-order chi connectivity index (χ1) is 17.9. The highest BCUT2D eigenvalue weighted by Gasteiger charge is 2.47. The summed E-state index contributed by atoms with van der Waals surface area (Å²) in [6, 6.07) is 25.6. The molecule has 1 saturated carbocycles. The van der Waals surface area contributed by atoms with Gasteiger partial charge in [0.1, 0.15) is 0 Å². The minimum absolute atomic E-state index is 0.239. The molecule has 2 aliphatic rings. The van der Waals surface area contributed by atoms with Gasteiger partial charge in [0.15, 0.2) is 0 Å². The van der Waals surface area contributed by atoms with Crippen molar-refractivity contribution in [2.24, 2.45) is 0 Å². The Labute approximate surface area is 222 Å². The molecular weight excluding hydrogens is 478 g/mol. The summed E-state index contributed by atoms with van der Waals surface area (Å²) in [5.41, 5.74) is 5.83. The van der Waals surface area contributed by atoms with Crippen molar-refractivity contribution in [3.8, 4) is 0 Å². The average Bonchev–Trinajstić information content (AvgIpc) is 2.93. The molecule has 3 aromatic carbocycles. The largest absolute Gasteiger partial charge is 0.498 e. The predicted octanol–water partition coefficient (Wildman–Crippen LogP) is 7.32. The summed E-state index contributed by atoms with van der Waals surface area (Å²) < 4.78 is 36.8. The van der Waals surface area contributed by atoms with E-state index in [1.54, 1.807) is 12.1 Å². The lowest BCUT2D eigenvalue weighted by Gasteiger charge is -2.46. The monoisotopic (exact) mass is 515 g/mol. The van der Waals surface area contributed by atoms with E-state index in [1.165, 1.54) is 11.1 Å². The second-order valence-electron chi connectivity index (χ2n) is 10.2. The van der Waals surface area contributed by atoms with E-state index in [0.717, 1.165) is 48.1 Å². The zero-order valence-electron chi connectivity index (χ0n) is 22.1. The van der Waals surface area contributed by atoms with Gasteiger partial charge in [-0.2, -0.15) is 4.31 Å². The Morgan fingerprint density at radius 1 is 0.865 bits per heavy atom. The zero-order valence-corrected chi connectivity index (χ0v) is 22.9. The van der Waals surface area contributed by atoms with Gasteiger partial charge in [0.2, 0.25) is 10.0 Å². The van der Waals surface area contributed by atoms with Gasteiger partial charge in [-0.1, -0.05) is 79.2 Å². The van der Waals surface area contributed by atoms with E-state index in [2.05, 4.69) is 31.2 Å². The summed E-state index contributed by atoms with van der Waals surface area (Å²) in [7, 11) is -3.76. The van der Waals surface area contributed by atoms with Crippen molar-refractivity contribution in [3.05, 3.63) is 112 Å². The number of nitrogens with zero attached hydrogens (tertiary/aromatic N) is 1. The van der Waals surface area contributed by atoms with Crippen molar-refractivity contribution in [1.82, 2.24) is 4.31 Å². The fourth-order valence-corrected chi connectivity index (χ4v) is 7.79. The summed E-state index contributed by atoms with van der Waals surface area (Å²) in [4.78, 5) is 0.354. The molecule has 0 amide bonds. The Bertz CT molecular complexity index is 1350. The van der Waals surface area contributed by atoms with Gasteiger partial charge in [-0.05, 0) is 79.8 Å². The van der Waals surface area contributed by atoms with Crippen LogP contribution in [0.3, 0.4) is 0 Å². The van der Waals surface area contributed by atoms with Crippen molar-refractivity contribution in [2.75, 3.05) is 6.61 Å². The Balaban J connectivity index is 1.62. The molecule has 37 heavy (non-hydrogen) atoms. The van der Waals surface area contributed by atoms with Crippen molar-refractivity contribution >= 4 is 10.0 Å². The minimum atomic E-state index is -3.76. The minimum Gasteiger partial charge on any atom is -0.498 e. The lowest BCUT2D eigenvalue weighted by atomic mass is 9.75. The molecule has 4 nitrogen and oxygen atoms in total. The lowest BCUT2D eigenvalue weighted by molar-refractivity contribution is 0.137. The number of fused-ring (bicyclic) bond motifs is 1. The van der Waals surface area contributed by atoms with Gasteiger partial charge < -0.3 is 4.74 Å². The van der Waals surface area contributed by atoms with Crippen LogP contribution >= 0.6 is 0 Å². The van der Waals surface area contributed by atoms with E-state index in [-0.39, 0.29) is 12.1 Å². The van der Waals surface area contributed by atoms with Gasteiger partial charge in [-0.25, -0.2) is 8.42 Å². The SMILES string of the molecule is CCOC1=C2CCC(c3ccc(CC)cc3)CC2N(S(=O)(=O)c2ccc(C)cc2)C(c2ccccc2)C1. The van der Waals surface area contributed by atoms with Gasteiger partial charge in [-0.3, -0.25) is 0 Å². The van der Waals surface area contributed by atoms with Crippen LogP contribution < -0.4 is 0 Å². The standard InChI is InChI=1S/C32H37NO3S/c1-4-24-13-15-25(16-14-24)27-17-20-29-31(21-27)33(37(34,35)28-18-11-23(3)12-19-28)30(22-32(29)36-5-2)26-9-7-6-8-10-26/h6-16,18-19,27,30-31H,4-5,17,20-22H2,1-3H3. The van der Waals surface area contributed by atoms with Crippen LogP contribution in [0.15, 0.2) is 95.1 Å². The van der Waals surface area contributed by atoms with Crippen molar-refractivity contribution < 1.29 is 13.2 Å². The van der Waals surface area contributed by atoms with Crippen LogP contribution in [0.5, 0.6) is 0 Å². The number of benzene rings is 3. The molecule has 5 heteroatoms. The lowest BCUT2D eigenvalue weighted by Crippen LogP contribution is -2.49. The summed E-state index contributed by atoms with van der Waals surface area (Å²) >= 11 is 0. The molecule has 0 saturated heterocycles. The Hall–Kier alpha value is -2.89. The molecule has 1 aliphatic carbocycles.